The van der Waals surface area contributed by atoms with E-state index in [1.165, 1.54) is 42.6 Å². The lowest BCUT2D eigenvalue weighted by atomic mass is 10.0. The Labute approximate surface area is 111 Å². The minimum atomic E-state index is 0.738. The second kappa shape index (κ2) is 6.24. The van der Waals surface area contributed by atoms with Gasteiger partial charge in [-0.05, 0) is 50.3 Å². The molecule has 2 heteroatoms. The highest BCUT2D eigenvalue weighted by Crippen LogP contribution is 2.25. The Balaban J connectivity index is 2.01. The summed E-state index contributed by atoms with van der Waals surface area (Å²) in [6.45, 7) is 6.82. The molecule has 1 N–H and O–H groups in total. The number of aryl methyl sites for hydroxylation is 2. The van der Waals surface area contributed by atoms with Crippen LogP contribution in [0.2, 0.25) is 0 Å². The normalized spacial score (nSPS) is 19.2. The van der Waals surface area contributed by atoms with Crippen LogP contribution >= 0.6 is 0 Å². The van der Waals surface area contributed by atoms with E-state index < -0.39 is 0 Å². The molecule has 1 aliphatic heterocycles. The number of anilines is 1. The van der Waals surface area contributed by atoms with Crippen molar-refractivity contribution in [3.8, 4) is 0 Å². The van der Waals surface area contributed by atoms with E-state index in [-0.39, 0.29) is 0 Å². The molecule has 0 bridgehead atoms. The van der Waals surface area contributed by atoms with E-state index in [9.17, 15) is 0 Å². The summed E-state index contributed by atoms with van der Waals surface area (Å²) in [5.41, 5.74) is 4.31. The SMILES string of the molecule is CCc1cccc(C)c1N(C)CCC1CCCN1. The van der Waals surface area contributed by atoms with Gasteiger partial charge in [0.25, 0.3) is 0 Å². The molecule has 1 aliphatic rings. The zero-order valence-electron chi connectivity index (χ0n) is 12.0. The van der Waals surface area contributed by atoms with Gasteiger partial charge >= 0.3 is 0 Å². The first-order valence-electron chi connectivity index (χ1n) is 7.25. The number of hydrogen-bond acceptors (Lipinski definition) is 2. The van der Waals surface area contributed by atoms with Crippen LogP contribution in [-0.2, 0) is 6.42 Å². The molecule has 1 unspecified atom stereocenters. The standard InChI is InChI=1S/C16H26N2/c1-4-14-8-5-7-13(2)16(14)18(3)12-10-15-9-6-11-17-15/h5,7-8,15,17H,4,6,9-12H2,1-3H3. The van der Waals surface area contributed by atoms with Gasteiger partial charge in [0.05, 0.1) is 0 Å². The van der Waals surface area contributed by atoms with Crippen molar-refractivity contribution in [2.24, 2.45) is 0 Å². The van der Waals surface area contributed by atoms with Crippen molar-refractivity contribution in [2.45, 2.75) is 45.6 Å². The largest absolute Gasteiger partial charge is 0.374 e. The fourth-order valence-electron chi connectivity index (χ4n) is 3.02. The van der Waals surface area contributed by atoms with Crippen LogP contribution in [0.4, 0.5) is 5.69 Å². The predicted molar refractivity (Wildman–Crippen MR) is 79.5 cm³/mol. The Bertz CT molecular complexity index is 381. The van der Waals surface area contributed by atoms with E-state index in [1.807, 2.05) is 0 Å². The summed E-state index contributed by atoms with van der Waals surface area (Å²) < 4.78 is 0. The molecule has 1 aromatic carbocycles. The van der Waals surface area contributed by atoms with Gasteiger partial charge < -0.3 is 10.2 Å². The highest BCUT2D eigenvalue weighted by molar-refractivity contribution is 5.58. The molecule has 0 radical (unpaired) electrons. The highest BCUT2D eigenvalue weighted by atomic mass is 15.1. The summed E-state index contributed by atoms with van der Waals surface area (Å²) in [6, 6.07) is 7.39. The minimum Gasteiger partial charge on any atom is -0.374 e. The maximum atomic E-state index is 3.58. The maximum absolute atomic E-state index is 3.58. The lowest BCUT2D eigenvalue weighted by molar-refractivity contribution is 0.558. The molecule has 1 fully saturated rings. The van der Waals surface area contributed by atoms with Gasteiger partial charge in [-0.1, -0.05) is 25.1 Å². The van der Waals surface area contributed by atoms with Gasteiger partial charge in [-0.25, -0.2) is 0 Å². The van der Waals surface area contributed by atoms with E-state index >= 15 is 0 Å². The molecule has 0 saturated carbocycles. The summed E-state index contributed by atoms with van der Waals surface area (Å²) in [5.74, 6) is 0. The molecule has 1 aromatic rings. The topological polar surface area (TPSA) is 15.3 Å². The molecule has 1 saturated heterocycles. The second-order valence-electron chi connectivity index (χ2n) is 5.44. The van der Waals surface area contributed by atoms with E-state index in [0.717, 1.165) is 19.0 Å². The Morgan fingerprint density at radius 2 is 2.22 bits per heavy atom. The van der Waals surface area contributed by atoms with Gasteiger partial charge in [-0.2, -0.15) is 0 Å². The zero-order valence-corrected chi connectivity index (χ0v) is 12.0. The number of hydrogen-bond donors (Lipinski definition) is 1. The van der Waals surface area contributed by atoms with E-state index in [4.69, 9.17) is 0 Å². The average molecular weight is 246 g/mol. The Morgan fingerprint density at radius 1 is 1.39 bits per heavy atom. The number of para-hydroxylation sites is 1. The summed E-state index contributed by atoms with van der Waals surface area (Å²) in [7, 11) is 2.23. The van der Waals surface area contributed by atoms with Crippen LogP contribution in [0.3, 0.4) is 0 Å². The molecular weight excluding hydrogens is 220 g/mol. The Morgan fingerprint density at radius 3 is 2.89 bits per heavy atom. The van der Waals surface area contributed by atoms with Crippen molar-refractivity contribution >= 4 is 5.69 Å². The van der Waals surface area contributed by atoms with E-state index in [2.05, 4.69) is 49.3 Å². The second-order valence-corrected chi connectivity index (χ2v) is 5.44. The summed E-state index contributed by atoms with van der Waals surface area (Å²) in [6.07, 6.45) is 5.07. The third-order valence-corrected chi connectivity index (χ3v) is 4.06. The van der Waals surface area contributed by atoms with Gasteiger partial charge in [-0.15, -0.1) is 0 Å². The first-order valence-corrected chi connectivity index (χ1v) is 7.25. The molecule has 0 spiro atoms. The van der Waals surface area contributed by atoms with Crippen molar-refractivity contribution in [1.29, 1.82) is 0 Å². The van der Waals surface area contributed by atoms with Crippen molar-refractivity contribution < 1.29 is 0 Å². The van der Waals surface area contributed by atoms with Gasteiger partial charge in [0.2, 0.25) is 0 Å². The third kappa shape index (κ3) is 3.05. The van der Waals surface area contributed by atoms with E-state index in [0.29, 0.717) is 0 Å². The van der Waals surface area contributed by atoms with E-state index in [1.54, 1.807) is 0 Å². The summed E-state index contributed by atoms with van der Waals surface area (Å²) in [4.78, 5) is 2.44. The number of nitrogens with zero attached hydrogens (tertiary/aromatic N) is 1. The van der Waals surface area contributed by atoms with Crippen molar-refractivity contribution in [2.75, 3.05) is 25.0 Å². The van der Waals surface area contributed by atoms with Crippen LogP contribution < -0.4 is 10.2 Å². The van der Waals surface area contributed by atoms with Crippen LogP contribution in [-0.4, -0.2) is 26.2 Å². The lowest BCUT2D eigenvalue weighted by Crippen LogP contribution is -2.29. The average Bonchev–Trinajstić information content (AvgIpc) is 2.88. The summed E-state index contributed by atoms with van der Waals surface area (Å²) in [5, 5.41) is 3.58. The molecule has 0 amide bonds. The highest BCUT2D eigenvalue weighted by Gasteiger charge is 2.15. The van der Waals surface area contributed by atoms with Crippen LogP contribution in [0.15, 0.2) is 18.2 Å². The smallest absolute Gasteiger partial charge is 0.0425 e. The maximum Gasteiger partial charge on any atom is 0.0425 e. The fourth-order valence-corrected chi connectivity index (χ4v) is 3.02. The van der Waals surface area contributed by atoms with Crippen LogP contribution in [0.25, 0.3) is 0 Å². The molecule has 2 rings (SSSR count). The number of rotatable bonds is 5. The van der Waals surface area contributed by atoms with Gasteiger partial charge in [0.1, 0.15) is 0 Å². The minimum absolute atomic E-state index is 0.738. The summed E-state index contributed by atoms with van der Waals surface area (Å²) >= 11 is 0. The van der Waals surface area contributed by atoms with Gasteiger partial charge in [0.15, 0.2) is 0 Å². The molecule has 0 aliphatic carbocycles. The monoisotopic (exact) mass is 246 g/mol. The van der Waals surface area contributed by atoms with Crippen molar-refractivity contribution in [3.63, 3.8) is 0 Å². The molecule has 18 heavy (non-hydrogen) atoms. The number of benzene rings is 1. The molecular formula is C16H26N2. The molecule has 1 atom stereocenters. The zero-order chi connectivity index (χ0) is 13.0. The van der Waals surface area contributed by atoms with Gasteiger partial charge in [-0.3, -0.25) is 0 Å². The van der Waals surface area contributed by atoms with Crippen LogP contribution in [0.5, 0.6) is 0 Å². The molecule has 0 aromatic heterocycles. The van der Waals surface area contributed by atoms with Gasteiger partial charge in [0, 0.05) is 25.3 Å². The van der Waals surface area contributed by atoms with Crippen molar-refractivity contribution in [1.82, 2.24) is 5.32 Å². The quantitative estimate of drug-likeness (QED) is 0.858. The molecule has 2 nitrogen and oxygen atoms in total. The van der Waals surface area contributed by atoms with Crippen LogP contribution in [0, 0.1) is 6.92 Å². The molecule has 100 valence electrons. The lowest BCUT2D eigenvalue weighted by Gasteiger charge is -2.25. The first-order chi connectivity index (χ1) is 8.72. The molecule has 1 heterocycles. The van der Waals surface area contributed by atoms with Crippen molar-refractivity contribution in [3.05, 3.63) is 29.3 Å². The third-order valence-electron chi connectivity index (χ3n) is 4.06. The Hall–Kier alpha value is -1.02. The predicted octanol–water partition coefficient (Wildman–Crippen LogP) is 3.14. The Kier molecular flexibility index (Phi) is 4.65. The first kappa shape index (κ1) is 13.4. The fraction of sp³-hybridized carbons (Fsp3) is 0.625. The van der Waals surface area contributed by atoms with Crippen LogP contribution in [0.1, 0.15) is 37.3 Å². The number of nitrogens with one attached hydrogen (secondary N) is 1.